The van der Waals surface area contributed by atoms with Gasteiger partial charge in [-0.25, -0.2) is 8.42 Å². The molecule has 0 aromatic heterocycles. The molecule has 0 saturated heterocycles. The maximum atomic E-state index is 10.8. The Kier molecular flexibility index (Phi) is 5.56. The van der Waals surface area contributed by atoms with E-state index in [0.717, 1.165) is 24.8 Å². The van der Waals surface area contributed by atoms with Crippen LogP contribution < -0.4 is 29.6 Å². The topological polar surface area (TPSA) is 107 Å². The van der Waals surface area contributed by atoms with Crippen molar-refractivity contribution in [2.24, 2.45) is 29.1 Å². The minimum atomic E-state index is -4.77. The van der Waals surface area contributed by atoms with E-state index >= 15 is 0 Å². The van der Waals surface area contributed by atoms with Crippen LogP contribution in [0.25, 0.3) is 0 Å². The van der Waals surface area contributed by atoms with Crippen molar-refractivity contribution < 1.29 is 56.9 Å². The molecule has 0 aliphatic heterocycles. The molecule has 0 aromatic rings. The van der Waals surface area contributed by atoms with E-state index < -0.39 is 22.6 Å². The molecule has 4 aliphatic rings. The Morgan fingerprint density at radius 1 is 1.31 bits per heavy atom. The molecule has 0 radical (unpaired) electrons. The van der Waals surface area contributed by atoms with E-state index in [9.17, 15) is 23.2 Å². The quantitative estimate of drug-likeness (QED) is 0.343. The van der Waals surface area contributed by atoms with Crippen LogP contribution in [0.4, 0.5) is 0 Å². The van der Waals surface area contributed by atoms with Gasteiger partial charge in [-0.2, -0.15) is 0 Å². The second-order valence-corrected chi connectivity index (χ2v) is 9.07. The zero-order valence-corrected chi connectivity index (χ0v) is 17.9. The van der Waals surface area contributed by atoms with Crippen LogP contribution in [-0.4, -0.2) is 35.4 Å². The molecule has 6 nitrogen and oxygen atoms in total. The summed E-state index contributed by atoms with van der Waals surface area (Å²) in [5, 5.41) is 20.6. The number of aliphatic hydroxyl groups excluding tert-OH is 2. The predicted molar refractivity (Wildman–Crippen MR) is 88.6 cm³/mol. The summed E-state index contributed by atoms with van der Waals surface area (Å²) in [5.41, 5.74) is 0.760. The van der Waals surface area contributed by atoms with E-state index in [2.05, 4.69) is 17.2 Å². The molecule has 0 spiro atoms. The number of hydrogen-bond donors (Lipinski definition) is 2. The van der Waals surface area contributed by atoms with Gasteiger partial charge in [0, 0.05) is 5.92 Å². The van der Waals surface area contributed by atoms with E-state index in [1.54, 1.807) is 12.2 Å². The fraction of sp³-hybridized carbons (Fsp3) is 0.667. The third-order valence-corrected chi connectivity index (χ3v) is 7.31. The molecule has 26 heavy (non-hydrogen) atoms. The zero-order chi connectivity index (χ0) is 18.0. The van der Waals surface area contributed by atoms with Gasteiger partial charge >= 0.3 is 29.6 Å². The van der Waals surface area contributed by atoms with Crippen molar-refractivity contribution in [1.29, 1.82) is 0 Å². The molecular formula is C18H23NaO6S. The van der Waals surface area contributed by atoms with Gasteiger partial charge in [-0.05, 0) is 66.6 Å². The minimum Gasteiger partial charge on any atom is -0.716 e. The van der Waals surface area contributed by atoms with Crippen LogP contribution in [0.15, 0.2) is 35.6 Å². The molecule has 7 atom stereocenters. The fourth-order valence-electron chi connectivity index (χ4n) is 5.73. The van der Waals surface area contributed by atoms with Crippen LogP contribution in [0.3, 0.4) is 0 Å². The Morgan fingerprint density at radius 3 is 2.73 bits per heavy atom. The van der Waals surface area contributed by atoms with Crippen LogP contribution in [0.2, 0.25) is 0 Å². The van der Waals surface area contributed by atoms with Gasteiger partial charge in [-0.1, -0.05) is 19.1 Å². The number of aliphatic hydroxyl groups is 2. The third-order valence-electron chi connectivity index (χ3n) is 6.91. The monoisotopic (exact) mass is 390 g/mol. The molecule has 0 bridgehead atoms. The summed E-state index contributed by atoms with van der Waals surface area (Å²) in [6.07, 6.45) is 9.20. The van der Waals surface area contributed by atoms with Gasteiger partial charge in [-0.3, -0.25) is 0 Å². The average molecular weight is 390 g/mol. The first-order chi connectivity index (χ1) is 11.7. The summed E-state index contributed by atoms with van der Waals surface area (Å²) in [6, 6.07) is 0. The summed E-state index contributed by atoms with van der Waals surface area (Å²) in [4.78, 5) is 0. The van der Waals surface area contributed by atoms with E-state index in [4.69, 9.17) is 0 Å². The molecule has 2 N–H and O–H groups in total. The number of hydrogen-bond acceptors (Lipinski definition) is 6. The second kappa shape index (κ2) is 7.03. The summed E-state index contributed by atoms with van der Waals surface area (Å²) in [6.45, 7) is 2.09. The molecule has 8 heteroatoms. The Hall–Kier alpha value is -0.150. The van der Waals surface area contributed by atoms with Crippen molar-refractivity contribution in [3.63, 3.8) is 0 Å². The number of fused-ring (bicyclic) bond motifs is 5. The van der Waals surface area contributed by atoms with E-state index in [-0.39, 0.29) is 52.6 Å². The molecule has 4 aliphatic carbocycles. The van der Waals surface area contributed by atoms with Crippen molar-refractivity contribution in [2.75, 3.05) is 0 Å². The van der Waals surface area contributed by atoms with E-state index in [1.165, 1.54) is 0 Å². The van der Waals surface area contributed by atoms with Gasteiger partial charge in [-0.15, -0.1) is 0 Å². The first-order valence-electron chi connectivity index (χ1n) is 8.80. The fourth-order valence-corrected chi connectivity index (χ4v) is 6.07. The van der Waals surface area contributed by atoms with E-state index in [0.29, 0.717) is 18.3 Å². The smallest absolute Gasteiger partial charge is 0.716 e. The molecule has 138 valence electrons. The van der Waals surface area contributed by atoms with Gasteiger partial charge < -0.3 is 18.9 Å². The first-order valence-corrected chi connectivity index (χ1v) is 10.1. The van der Waals surface area contributed by atoms with Crippen LogP contribution in [0.5, 0.6) is 0 Å². The molecule has 4 unspecified atom stereocenters. The minimum absolute atomic E-state index is 0. The maximum absolute atomic E-state index is 10.8. The van der Waals surface area contributed by atoms with Crippen LogP contribution in [-0.2, 0) is 14.6 Å². The number of allylic oxidation sites excluding steroid dienone is 5. The standard InChI is InChI=1S/C18H24O6S.Na/c1-18-7-6-13-12-5-3-11(24-25(21,22)23)8-10(12)2-4-14(13)15(18)9-16(19)17(18)20;/h2-3,5,8,12-17,19-20H,4,6-7,9H2,1H3,(H,21,22,23);/q;+1/p-1/t12?,13?,14?,15?,16-,17+,18-;/m0./s1. The van der Waals surface area contributed by atoms with Crippen molar-refractivity contribution >= 4 is 10.4 Å². The van der Waals surface area contributed by atoms with Gasteiger partial charge in [0.05, 0.1) is 12.2 Å². The molecule has 0 heterocycles. The Labute approximate surface area is 176 Å². The Morgan fingerprint density at radius 2 is 2.04 bits per heavy atom. The van der Waals surface area contributed by atoms with Crippen molar-refractivity contribution in [3.8, 4) is 0 Å². The van der Waals surface area contributed by atoms with Crippen LogP contribution in [0.1, 0.15) is 32.6 Å². The van der Waals surface area contributed by atoms with Gasteiger partial charge in [0.25, 0.3) is 10.4 Å². The molecule has 0 amide bonds. The average Bonchev–Trinajstić information content (AvgIpc) is 2.76. The normalized spacial score (nSPS) is 44.0. The largest absolute Gasteiger partial charge is 1.00 e. The summed E-state index contributed by atoms with van der Waals surface area (Å²) >= 11 is 0. The van der Waals surface area contributed by atoms with Crippen LogP contribution in [0, 0.1) is 29.1 Å². The Balaban J connectivity index is 0.00000196. The summed E-state index contributed by atoms with van der Waals surface area (Å²) in [5.74, 6) is 1.30. The number of rotatable bonds is 2. The van der Waals surface area contributed by atoms with Crippen molar-refractivity contribution in [2.45, 2.75) is 44.8 Å². The SMILES string of the molecule is C[C@]12CCC3C4C=CC(OS(=O)(=O)[O-])=CC4=CCC3C1C[C@H](O)[C@H]2O.[Na+]. The molecule has 4 rings (SSSR count). The van der Waals surface area contributed by atoms with Crippen molar-refractivity contribution in [1.82, 2.24) is 0 Å². The van der Waals surface area contributed by atoms with Crippen molar-refractivity contribution in [3.05, 3.63) is 35.6 Å². The molecule has 2 fully saturated rings. The Bertz CT molecular complexity index is 773. The van der Waals surface area contributed by atoms with Crippen LogP contribution >= 0.6 is 0 Å². The van der Waals surface area contributed by atoms with Gasteiger partial charge in [0.1, 0.15) is 5.76 Å². The molecule has 0 aromatic carbocycles. The van der Waals surface area contributed by atoms with Gasteiger partial charge in [0.15, 0.2) is 0 Å². The van der Waals surface area contributed by atoms with E-state index in [1.807, 2.05) is 6.08 Å². The molecular weight excluding hydrogens is 367 g/mol. The molecule has 2 saturated carbocycles. The van der Waals surface area contributed by atoms with Gasteiger partial charge in [0.2, 0.25) is 0 Å². The first kappa shape index (κ1) is 20.6. The summed E-state index contributed by atoms with van der Waals surface area (Å²) < 4.78 is 36.8. The second-order valence-electron chi connectivity index (χ2n) is 8.09. The maximum Gasteiger partial charge on any atom is 1.00 e. The summed E-state index contributed by atoms with van der Waals surface area (Å²) in [7, 11) is -4.77. The zero-order valence-electron chi connectivity index (χ0n) is 15.0. The predicted octanol–water partition coefficient (Wildman–Crippen LogP) is -1.36. The third kappa shape index (κ3) is 3.36.